The summed E-state index contributed by atoms with van der Waals surface area (Å²) in [5.41, 5.74) is 4.50. The Morgan fingerprint density at radius 1 is 1.00 bits per heavy atom. The highest BCUT2D eigenvalue weighted by atomic mass is 14.2. The minimum atomic E-state index is 0.284. The maximum atomic E-state index is 2.24. The van der Waals surface area contributed by atoms with E-state index in [1.807, 2.05) is 20.8 Å². The molecule has 0 amide bonds. The van der Waals surface area contributed by atoms with Gasteiger partial charge in [-0.05, 0) is 43.7 Å². The highest BCUT2D eigenvalue weighted by molar-refractivity contribution is 5.27. The van der Waals surface area contributed by atoms with Gasteiger partial charge in [0.05, 0.1) is 0 Å². The number of aryl methyl sites for hydroxylation is 1. The van der Waals surface area contributed by atoms with Gasteiger partial charge in [0.25, 0.3) is 0 Å². The van der Waals surface area contributed by atoms with Gasteiger partial charge in [-0.3, -0.25) is 0 Å². The Labute approximate surface area is 121 Å². The van der Waals surface area contributed by atoms with E-state index >= 15 is 0 Å². The van der Waals surface area contributed by atoms with Crippen LogP contribution in [-0.2, 0) is 11.8 Å². The fourth-order valence-electron chi connectivity index (χ4n) is 1.24. The van der Waals surface area contributed by atoms with Crippen molar-refractivity contribution in [1.82, 2.24) is 0 Å². The highest BCUT2D eigenvalue weighted by Crippen LogP contribution is 2.22. The van der Waals surface area contributed by atoms with Gasteiger partial charge in [0.1, 0.15) is 0 Å². The molecule has 0 radical (unpaired) electrons. The molecule has 0 nitrogen and oxygen atoms in total. The normalized spacial score (nSPS) is 9.53. The molecular weight excluding hydrogens is 228 g/mol. The lowest BCUT2D eigenvalue weighted by Crippen LogP contribution is -2.10. The molecule has 0 spiro atoms. The Morgan fingerprint density at radius 3 is 1.58 bits per heavy atom. The van der Waals surface area contributed by atoms with Crippen LogP contribution in [0.25, 0.3) is 0 Å². The molecule has 0 heteroatoms. The minimum absolute atomic E-state index is 0.284. The Bertz CT molecular complexity index is 329. The topological polar surface area (TPSA) is 0 Å². The van der Waals surface area contributed by atoms with Crippen molar-refractivity contribution in [2.24, 2.45) is 0 Å². The smallest absolute Gasteiger partial charge is 0.0132 e. The third-order valence-corrected chi connectivity index (χ3v) is 2.81. The molecule has 19 heavy (non-hydrogen) atoms. The molecule has 1 aromatic carbocycles. The van der Waals surface area contributed by atoms with E-state index in [-0.39, 0.29) is 5.41 Å². The molecule has 1 aromatic rings. The molecule has 110 valence electrons. The molecule has 0 fully saturated rings. The van der Waals surface area contributed by atoms with Crippen LogP contribution < -0.4 is 0 Å². The van der Waals surface area contributed by atoms with Gasteiger partial charge in [0.2, 0.25) is 0 Å². The van der Waals surface area contributed by atoms with Crippen LogP contribution in [0.5, 0.6) is 0 Å². The Kier molecular flexibility index (Phi) is 11.6. The second-order valence-electron chi connectivity index (χ2n) is 5.67. The molecule has 0 unspecified atom stereocenters. The zero-order chi connectivity index (χ0) is 15.5. The van der Waals surface area contributed by atoms with Gasteiger partial charge in [-0.15, -0.1) is 0 Å². The predicted molar refractivity (Wildman–Crippen MR) is 91.0 cm³/mol. The molecule has 0 N–H and O–H groups in total. The largest absolute Gasteiger partial charge is 0.0890 e. The number of allylic oxidation sites excluding steroid dienone is 2. The Morgan fingerprint density at radius 2 is 1.37 bits per heavy atom. The van der Waals surface area contributed by atoms with E-state index in [2.05, 4.69) is 71.9 Å². The molecule has 0 saturated heterocycles. The van der Waals surface area contributed by atoms with Crippen molar-refractivity contribution >= 4 is 0 Å². The summed E-state index contributed by atoms with van der Waals surface area (Å²) in [5, 5.41) is 0. The molecule has 0 heterocycles. The van der Waals surface area contributed by atoms with Crippen LogP contribution in [0.15, 0.2) is 35.9 Å². The van der Waals surface area contributed by atoms with Crippen LogP contribution in [-0.4, -0.2) is 0 Å². The number of hydrogen-bond donors (Lipinski definition) is 0. The van der Waals surface area contributed by atoms with Crippen molar-refractivity contribution in [3.05, 3.63) is 47.0 Å². The number of hydrogen-bond acceptors (Lipinski definition) is 0. The fourth-order valence-corrected chi connectivity index (χ4v) is 1.24. The van der Waals surface area contributed by atoms with Crippen LogP contribution in [0.1, 0.15) is 73.4 Å². The van der Waals surface area contributed by atoms with Crippen LogP contribution in [0.3, 0.4) is 0 Å². The second-order valence-corrected chi connectivity index (χ2v) is 5.67. The van der Waals surface area contributed by atoms with Crippen molar-refractivity contribution in [3.8, 4) is 0 Å². The van der Waals surface area contributed by atoms with Gasteiger partial charge in [0.15, 0.2) is 0 Å². The first kappa shape index (κ1) is 20.3. The lowest BCUT2D eigenvalue weighted by Gasteiger charge is -2.18. The Hall–Kier alpha value is -1.04. The number of rotatable bonds is 1. The summed E-state index contributed by atoms with van der Waals surface area (Å²) in [7, 11) is 0. The van der Waals surface area contributed by atoms with Crippen molar-refractivity contribution in [2.75, 3.05) is 0 Å². The first-order valence-electron chi connectivity index (χ1n) is 7.50. The first-order valence-corrected chi connectivity index (χ1v) is 7.50. The molecule has 0 aliphatic heterocycles. The Balaban J connectivity index is 0. The van der Waals surface area contributed by atoms with E-state index in [9.17, 15) is 0 Å². The van der Waals surface area contributed by atoms with Gasteiger partial charge in [-0.25, -0.2) is 0 Å². The van der Waals surface area contributed by atoms with Crippen LogP contribution in [0, 0.1) is 0 Å². The van der Waals surface area contributed by atoms with Crippen molar-refractivity contribution < 1.29 is 0 Å². The summed E-state index contributed by atoms with van der Waals surface area (Å²) >= 11 is 0. The van der Waals surface area contributed by atoms with Gasteiger partial charge in [-0.2, -0.15) is 0 Å². The summed E-state index contributed by atoms with van der Waals surface area (Å²) in [6, 6.07) is 8.92. The van der Waals surface area contributed by atoms with Crippen molar-refractivity contribution in [2.45, 2.75) is 74.1 Å². The van der Waals surface area contributed by atoms with Crippen LogP contribution in [0.4, 0.5) is 0 Å². The monoisotopic (exact) mass is 262 g/mol. The fraction of sp³-hybridized carbons (Fsp3) is 0.579. The summed E-state index contributed by atoms with van der Waals surface area (Å²) in [4.78, 5) is 0. The molecular formula is C19H34. The van der Waals surface area contributed by atoms with E-state index in [4.69, 9.17) is 0 Å². The minimum Gasteiger partial charge on any atom is -0.0890 e. The third-order valence-electron chi connectivity index (χ3n) is 2.81. The van der Waals surface area contributed by atoms with E-state index in [0.717, 1.165) is 6.42 Å². The summed E-state index contributed by atoms with van der Waals surface area (Å²) < 4.78 is 0. The third kappa shape index (κ3) is 10.6. The maximum absolute atomic E-state index is 2.24. The lowest BCUT2D eigenvalue weighted by atomic mass is 9.86. The summed E-state index contributed by atoms with van der Waals surface area (Å²) in [6.45, 7) is 19.1. The van der Waals surface area contributed by atoms with Crippen LogP contribution >= 0.6 is 0 Å². The first-order chi connectivity index (χ1) is 8.81. The van der Waals surface area contributed by atoms with Gasteiger partial charge < -0.3 is 0 Å². The standard InChI is InChI=1S/C12H18.C5H10.C2H6/c1-5-10-6-8-11(9-7-10)12(2,3)4;1-4-5(2)3;1-2/h6-9H,5H2,1-4H3;4H,1-3H3;1-2H3. The average Bonchev–Trinajstić information content (AvgIpc) is 2.40. The van der Waals surface area contributed by atoms with Crippen molar-refractivity contribution in [1.29, 1.82) is 0 Å². The molecule has 0 aliphatic carbocycles. The van der Waals surface area contributed by atoms with E-state index in [1.54, 1.807) is 0 Å². The molecule has 0 aliphatic rings. The molecule has 0 aromatic heterocycles. The molecule has 1 rings (SSSR count). The molecule has 0 atom stereocenters. The van der Waals surface area contributed by atoms with Gasteiger partial charge in [-0.1, -0.05) is 77.5 Å². The highest BCUT2D eigenvalue weighted by Gasteiger charge is 2.12. The zero-order valence-electron chi connectivity index (χ0n) is 14.6. The zero-order valence-corrected chi connectivity index (χ0v) is 14.6. The quantitative estimate of drug-likeness (QED) is 0.504. The lowest BCUT2D eigenvalue weighted by molar-refractivity contribution is 0.590. The second kappa shape index (κ2) is 10.8. The number of benzene rings is 1. The predicted octanol–water partition coefficient (Wildman–Crippen LogP) is 6.55. The average molecular weight is 262 g/mol. The summed E-state index contributed by atoms with van der Waals surface area (Å²) in [5.74, 6) is 0. The van der Waals surface area contributed by atoms with Gasteiger partial charge >= 0.3 is 0 Å². The maximum Gasteiger partial charge on any atom is -0.0132 e. The molecule has 0 bridgehead atoms. The summed E-state index contributed by atoms with van der Waals surface area (Å²) in [6.07, 6.45) is 3.21. The van der Waals surface area contributed by atoms with Gasteiger partial charge in [0, 0.05) is 0 Å². The molecule has 0 saturated carbocycles. The SMILES string of the molecule is CC.CC=C(C)C.CCc1ccc(C(C)(C)C)cc1. The van der Waals surface area contributed by atoms with Crippen LogP contribution in [0.2, 0.25) is 0 Å². The van der Waals surface area contributed by atoms with E-state index < -0.39 is 0 Å². The van der Waals surface area contributed by atoms with Crippen molar-refractivity contribution in [3.63, 3.8) is 0 Å². The van der Waals surface area contributed by atoms with E-state index in [1.165, 1.54) is 16.7 Å². The van der Waals surface area contributed by atoms with E-state index in [0.29, 0.717) is 0 Å².